The number of ketones is 1. The Hall–Kier alpha value is 0.250. The van der Waals surface area contributed by atoms with Crippen molar-refractivity contribution in [3.63, 3.8) is 0 Å². The van der Waals surface area contributed by atoms with Gasteiger partial charge in [0.25, 0.3) is 0 Å². The fraction of sp³-hybridized carbons (Fsp3) is 0.889. The van der Waals surface area contributed by atoms with Crippen LogP contribution < -0.4 is 0 Å². The predicted octanol–water partition coefficient (Wildman–Crippen LogP) is 3.00. The summed E-state index contributed by atoms with van der Waals surface area (Å²) in [6, 6.07) is 0. The van der Waals surface area contributed by atoms with E-state index >= 15 is 0 Å². The van der Waals surface area contributed by atoms with E-state index in [1.807, 2.05) is 0 Å². The van der Waals surface area contributed by atoms with Crippen LogP contribution in [0.2, 0.25) is 0 Å². The molecule has 0 aromatic heterocycles. The Balaban J connectivity index is 0.000000605. The number of rotatable bonds is 2. The van der Waals surface area contributed by atoms with E-state index in [1.54, 1.807) is 0 Å². The first-order valence-corrected chi connectivity index (χ1v) is 4.41. The van der Waals surface area contributed by atoms with E-state index < -0.39 is 0 Å². The van der Waals surface area contributed by atoms with Crippen molar-refractivity contribution in [2.75, 3.05) is 0 Å². The van der Waals surface area contributed by atoms with Crippen LogP contribution in [0.1, 0.15) is 38.5 Å². The van der Waals surface area contributed by atoms with E-state index in [1.165, 1.54) is 38.5 Å². The zero-order chi connectivity index (χ0) is 6.97. The number of halogens is 2. The van der Waals surface area contributed by atoms with Crippen molar-refractivity contribution in [2.45, 2.75) is 38.5 Å². The summed E-state index contributed by atoms with van der Waals surface area (Å²) in [6.07, 6.45) is 7.35. The van der Waals surface area contributed by atoms with Gasteiger partial charge in [0.2, 0.25) is 0 Å². The average molecular weight is 211 g/mol. The quantitative estimate of drug-likeness (QED) is 0.686. The zero-order valence-corrected chi connectivity index (χ0v) is 8.76. The van der Waals surface area contributed by atoms with Crippen molar-refractivity contribution in [3.05, 3.63) is 0 Å². The van der Waals surface area contributed by atoms with Gasteiger partial charge in [-0.2, -0.15) is 0 Å². The van der Waals surface area contributed by atoms with Gasteiger partial charge in [0.05, 0.1) is 0 Å². The lowest BCUT2D eigenvalue weighted by Crippen LogP contribution is -2.32. The van der Waals surface area contributed by atoms with Crippen molar-refractivity contribution in [3.8, 4) is 0 Å². The molecule has 0 aromatic carbocycles. The summed E-state index contributed by atoms with van der Waals surface area (Å²) in [6.45, 7) is 0. The van der Waals surface area contributed by atoms with Crippen LogP contribution in [0.15, 0.2) is 0 Å². The van der Waals surface area contributed by atoms with E-state index in [2.05, 4.69) is 0 Å². The predicted molar refractivity (Wildman–Crippen MR) is 54.2 cm³/mol. The van der Waals surface area contributed by atoms with Crippen LogP contribution >= 0.6 is 24.8 Å². The second-order valence-corrected chi connectivity index (χ2v) is 3.66. The lowest BCUT2D eigenvalue weighted by atomic mass is 9.71. The number of Topliss-reactive ketones (excluding diaryl/α,β-unsaturated/α-hetero) is 1. The normalized spacial score (nSPS) is 22.7. The third-order valence-corrected chi connectivity index (χ3v) is 3.02. The number of hydrogen-bond acceptors (Lipinski definition) is 1. The summed E-state index contributed by atoms with van der Waals surface area (Å²) in [4.78, 5) is 11.4. The minimum atomic E-state index is 0. The molecular formula is C9H16Cl2O. The summed E-state index contributed by atoms with van der Waals surface area (Å²) in [5, 5.41) is 0. The number of hydrogen-bond donors (Lipinski definition) is 0. The van der Waals surface area contributed by atoms with E-state index in [9.17, 15) is 4.79 Å². The maximum absolute atomic E-state index is 11.4. The third-order valence-electron chi connectivity index (χ3n) is 3.02. The number of carbonyl (C=O) groups is 1. The van der Waals surface area contributed by atoms with Crippen LogP contribution in [0.5, 0.6) is 0 Å². The first-order chi connectivity index (χ1) is 4.88. The Morgan fingerprint density at radius 2 is 1.17 bits per heavy atom. The molecular weight excluding hydrogens is 195 g/mol. The van der Waals surface area contributed by atoms with Gasteiger partial charge in [-0.25, -0.2) is 0 Å². The van der Waals surface area contributed by atoms with Gasteiger partial charge in [-0.05, 0) is 25.7 Å². The first-order valence-electron chi connectivity index (χ1n) is 4.41. The summed E-state index contributed by atoms with van der Waals surface area (Å²) < 4.78 is 0. The van der Waals surface area contributed by atoms with Crippen LogP contribution in [0.3, 0.4) is 0 Å². The molecule has 2 aliphatic rings. The van der Waals surface area contributed by atoms with Gasteiger partial charge < -0.3 is 0 Å². The summed E-state index contributed by atoms with van der Waals surface area (Å²) >= 11 is 0. The molecule has 0 unspecified atom stereocenters. The molecule has 0 saturated heterocycles. The molecule has 1 nitrogen and oxygen atoms in total. The van der Waals surface area contributed by atoms with Crippen LogP contribution in [-0.4, -0.2) is 5.78 Å². The topological polar surface area (TPSA) is 17.1 Å². The van der Waals surface area contributed by atoms with Crippen molar-refractivity contribution in [1.82, 2.24) is 0 Å². The molecule has 0 radical (unpaired) electrons. The van der Waals surface area contributed by atoms with Crippen molar-refractivity contribution in [2.24, 2.45) is 11.8 Å². The molecule has 2 aliphatic carbocycles. The minimum Gasteiger partial charge on any atom is -0.299 e. The van der Waals surface area contributed by atoms with Crippen molar-refractivity contribution < 1.29 is 4.79 Å². The minimum absolute atomic E-state index is 0. The number of carbonyl (C=O) groups excluding carboxylic acids is 1. The summed E-state index contributed by atoms with van der Waals surface area (Å²) in [5.41, 5.74) is 0. The van der Waals surface area contributed by atoms with Gasteiger partial charge in [0.1, 0.15) is 5.78 Å². The van der Waals surface area contributed by atoms with Crippen LogP contribution in [-0.2, 0) is 4.79 Å². The molecule has 0 spiro atoms. The van der Waals surface area contributed by atoms with Crippen molar-refractivity contribution in [1.29, 1.82) is 0 Å². The van der Waals surface area contributed by atoms with Gasteiger partial charge >= 0.3 is 0 Å². The zero-order valence-electron chi connectivity index (χ0n) is 7.12. The molecule has 72 valence electrons. The lowest BCUT2D eigenvalue weighted by molar-refractivity contribution is -0.131. The Labute approximate surface area is 86.1 Å². The van der Waals surface area contributed by atoms with E-state index in [-0.39, 0.29) is 24.8 Å². The highest BCUT2D eigenvalue weighted by Crippen LogP contribution is 2.36. The standard InChI is InChI=1S/C9H14O.2ClH/c10-9(7-3-1-4-7)8-5-2-6-8;;/h7-8H,1-6H2;2*1H. The molecule has 0 amide bonds. The SMILES string of the molecule is Cl.Cl.O=C(C1CCC1)C1CCC1. The third kappa shape index (κ3) is 2.14. The van der Waals surface area contributed by atoms with Crippen molar-refractivity contribution >= 4 is 30.6 Å². The highest BCUT2D eigenvalue weighted by atomic mass is 35.5. The second kappa shape index (κ2) is 5.08. The Morgan fingerprint density at radius 3 is 1.33 bits per heavy atom. The van der Waals surface area contributed by atoms with E-state index in [0.29, 0.717) is 17.6 Å². The molecule has 0 N–H and O–H groups in total. The Kier molecular flexibility index (Phi) is 5.19. The molecule has 0 heterocycles. The van der Waals surface area contributed by atoms with E-state index in [0.717, 1.165) is 0 Å². The molecule has 0 atom stereocenters. The largest absolute Gasteiger partial charge is 0.299 e. The van der Waals surface area contributed by atoms with Crippen LogP contribution in [0.25, 0.3) is 0 Å². The summed E-state index contributed by atoms with van der Waals surface area (Å²) in [5.74, 6) is 1.58. The maximum atomic E-state index is 11.4. The molecule has 2 fully saturated rings. The molecule has 2 rings (SSSR count). The van der Waals surface area contributed by atoms with Gasteiger partial charge in [-0.1, -0.05) is 12.8 Å². The highest BCUT2D eigenvalue weighted by Gasteiger charge is 2.33. The fourth-order valence-corrected chi connectivity index (χ4v) is 1.72. The fourth-order valence-electron chi connectivity index (χ4n) is 1.72. The highest BCUT2D eigenvalue weighted by molar-refractivity contribution is 5.85. The molecule has 0 aromatic rings. The average Bonchev–Trinajstić information content (AvgIpc) is 1.52. The summed E-state index contributed by atoms with van der Waals surface area (Å²) in [7, 11) is 0. The molecule has 2 saturated carbocycles. The van der Waals surface area contributed by atoms with Gasteiger partial charge in [-0.3, -0.25) is 4.79 Å². The van der Waals surface area contributed by atoms with E-state index in [4.69, 9.17) is 0 Å². The molecule has 3 heteroatoms. The van der Waals surface area contributed by atoms with Crippen LogP contribution in [0, 0.1) is 11.8 Å². The molecule has 0 aliphatic heterocycles. The second-order valence-electron chi connectivity index (χ2n) is 3.66. The van der Waals surface area contributed by atoms with Crippen LogP contribution in [0.4, 0.5) is 0 Å². The van der Waals surface area contributed by atoms with Gasteiger partial charge in [0.15, 0.2) is 0 Å². The van der Waals surface area contributed by atoms with Gasteiger partial charge in [0, 0.05) is 11.8 Å². The Bertz CT molecular complexity index is 135. The van der Waals surface area contributed by atoms with Gasteiger partial charge in [-0.15, -0.1) is 24.8 Å². The molecule has 0 bridgehead atoms. The monoisotopic (exact) mass is 210 g/mol. The first kappa shape index (κ1) is 12.2. The molecule has 12 heavy (non-hydrogen) atoms. The maximum Gasteiger partial charge on any atom is 0.139 e. The lowest BCUT2D eigenvalue weighted by Gasteiger charge is -2.32. The Morgan fingerprint density at radius 1 is 0.833 bits per heavy atom. The smallest absolute Gasteiger partial charge is 0.139 e.